The first-order valence-electron chi connectivity index (χ1n) is 6.95. The molecule has 0 saturated heterocycles. The molecule has 0 heterocycles. The molecule has 0 bridgehead atoms. The highest BCUT2D eigenvalue weighted by molar-refractivity contribution is 5.98. The van der Waals surface area contributed by atoms with Crippen LogP contribution in [0.2, 0.25) is 0 Å². The fourth-order valence-electron chi connectivity index (χ4n) is 4.69. The van der Waals surface area contributed by atoms with Crippen molar-refractivity contribution < 1.29 is 14.7 Å². The van der Waals surface area contributed by atoms with E-state index in [1.165, 1.54) is 25.7 Å². The number of carbonyl (C=O) groups is 2. The first kappa shape index (κ1) is 11.2. The number of aliphatic carboxylic acids is 1. The minimum absolute atomic E-state index is 0.176. The summed E-state index contributed by atoms with van der Waals surface area (Å²) in [6.07, 6.45) is 8.47. The van der Waals surface area contributed by atoms with Gasteiger partial charge < -0.3 is 5.11 Å². The SMILES string of the molecule is O=C(O)[C@H]1[C@H]2CCC(=O)[C@@]21C1CCCCCC1. The molecule has 0 aliphatic heterocycles. The van der Waals surface area contributed by atoms with Crippen LogP contribution in [-0.2, 0) is 9.59 Å². The van der Waals surface area contributed by atoms with E-state index < -0.39 is 11.4 Å². The number of hydrogen-bond donors (Lipinski definition) is 1. The number of carboxylic acid groups (broad SMARTS) is 1. The van der Waals surface area contributed by atoms with Gasteiger partial charge in [-0.1, -0.05) is 25.7 Å². The van der Waals surface area contributed by atoms with Crippen LogP contribution >= 0.6 is 0 Å². The second kappa shape index (κ2) is 3.82. The van der Waals surface area contributed by atoms with Crippen LogP contribution in [0.5, 0.6) is 0 Å². The Morgan fingerprint density at radius 3 is 2.29 bits per heavy atom. The second-order valence-electron chi connectivity index (χ2n) is 6.01. The summed E-state index contributed by atoms with van der Waals surface area (Å²) in [4.78, 5) is 23.5. The lowest BCUT2D eigenvalue weighted by atomic mass is 9.79. The lowest BCUT2D eigenvalue weighted by Gasteiger charge is -2.24. The van der Waals surface area contributed by atoms with Crippen molar-refractivity contribution in [1.82, 2.24) is 0 Å². The molecule has 3 nitrogen and oxygen atoms in total. The Hall–Kier alpha value is -0.860. The van der Waals surface area contributed by atoms with Gasteiger partial charge in [0.1, 0.15) is 5.78 Å². The van der Waals surface area contributed by atoms with E-state index in [9.17, 15) is 14.7 Å². The van der Waals surface area contributed by atoms with Crippen molar-refractivity contribution in [3.8, 4) is 0 Å². The average molecular weight is 236 g/mol. The summed E-state index contributed by atoms with van der Waals surface area (Å²) in [5.41, 5.74) is -0.420. The van der Waals surface area contributed by atoms with Crippen molar-refractivity contribution in [2.24, 2.45) is 23.2 Å². The Labute approximate surface area is 102 Å². The van der Waals surface area contributed by atoms with Crippen molar-refractivity contribution in [3.63, 3.8) is 0 Å². The smallest absolute Gasteiger partial charge is 0.307 e. The molecule has 0 spiro atoms. The van der Waals surface area contributed by atoms with Gasteiger partial charge in [0.15, 0.2) is 0 Å². The van der Waals surface area contributed by atoms with E-state index in [1.807, 2.05) is 0 Å². The summed E-state index contributed by atoms with van der Waals surface area (Å²) >= 11 is 0. The van der Waals surface area contributed by atoms with E-state index in [0.29, 0.717) is 12.3 Å². The first-order chi connectivity index (χ1) is 8.19. The fraction of sp³-hybridized carbons (Fsp3) is 0.857. The Kier molecular flexibility index (Phi) is 2.53. The summed E-state index contributed by atoms with van der Waals surface area (Å²) < 4.78 is 0. The number of carbonyl (C=O) groups excluding carboxylic acids is 1. The minimum atomic E-state index is -0.729. The van der Waals surface area contributed by atoms with Crippen molar-refractivity contribution in [1.29, 1.82) is 0 Å². The Bertz CT molecular complexity index is 354. The van der Waals surface area contributed by atoms with Gasteiger partial charge in [-0.15, -0.1) is 0 Å². The number of hydrogen-bond acceptors (Lipinski definition) is 2. The molecule has 3 aliphatic rings. The molecule has 0 unspecified atom stereocenters. The molecule has 0 radical (unpaired) electrons. The van der Waals surface area contributed by atoms with E-state index in [2.05, 4.69) is 0 Å². The third-order valence-corrected chi connectivity index (χ3v) is 5.38. The van der Waals surface area contributed by atoms with Gasteiger partial charge in [-0.3, -0.25) is 9.59 Å². The van der Waals surface area contributed by atoms with Crippen molar-refractivity contribution in [2.45, 2.75) is 51.4 Å². The van der Waals surface area contributed by atoms with Crippen LogP contribution in [0.15, 0.2) is 0 Å². The van der Waals surface area contributed by atoms with E-state index >= 15 is 0 Å². The lowest BCUT2D eigenvalue weighted by Crippen LogP contribution is -2.28. The molecule has 3 fully saturated rings. The summed E-state index contributed by atoms with van der Waals surface area (Å²) in [5, 5.41) is 9.29. The van der Waals surface area contributed by atoms with Crippen LogP contribution in [0.4, 0.5) is 0 Å². The maximum atomic E-state index is 12.2. The summed E-state index contributed by atoms with van der Waals surface area (Å²) in [6.45, 7) is 0. The zero-order valence-corrected chi connectivity index (χ0v) is 10.2. The molecule has 3 rings (SSSR count). The monoisotopic (exact) mass is 236 g/mol. The number of rotatable bonds is 2. The van der Waals surface area contributed by atoms with Gasteiger partial charge in [-0.05, 0) is 31.1 Å². The second-order valence-corrected chi connectivity index (χ2v) is 6.01. The Balaban J connectivity index is 1.87. The highest BCUT2D eigenvalue weighted by Crippen LogP contribution is 2.71. The minimum Gasteiger partial charge on any atom is -0.481 e. The topological polar surface area (TPSA) is 54.4 Å². The van der Waals surface area contributed by atoms with Crippen molar-refractivity contribution >= 4 is 11.8 Å². The standard InChI is InChI=1S/C14H20O3/c15-11-8-7-10-12(13(16)17)14(10,11)9-5-3-1-2-4-6-9/h9-10,12H,1-8H2,(H,16,17)/t10-,12-,14-/m1/s1. The van der Waals surface area contributed by atoms with E-state index in [4.69, 9.17) is 0 Å². The normalized spacial score (nSPS) is 42.0. The number of carboxylic acids is 1. The van der Waals surface area contributed by atoms with Gasteiger partial charge in [-0.25, -0.2) is 0 Å². The predicted molar refractivity (Wildman–Crippen MR) is 62.5 cm³/mol. The molecular formula is C14H20O3. The molecule has 3 aliphatic carbocycles. The zero-order valence-electron chi connectivity index (χ0n) is 10.2. The molecule has 3 saturated carbocycles. The summed E-state index contributed by atoms with van der Waals surface area (Å²) in [6, 6.07) is 0. The van der Waals surface area contributed by atoms with Crippen LogP contribution in [0.25, 0.3) is 0 Å². The number of ketones is 1. The molecule has 3 atom stereocenters. The van der Waals surface area contributed by atoms with Crippen molar-refractivity contribution in [2.75, 3.05) is 0 Å². The van der Waals surface area contributed by atoms with Crippen LogP contribution in [0, 0.1) is 23.2 Å². The van der Waals surface area contributed by atoms with Crippen molar-refractivity contribution in [3.05, 3.63) is 0 Å². The Morgan fingerprint density at radius 1 is 1.12 bits per heavy atom. The van der Waals surface area contributed by atoms with Crippen LogP contribution in [0.1, 0.15) is 51.4 Å². The fourth-order valence-corrected chi connectivity index (χ4v) is 4.69. The molecule has 0 aromatic rings. The molecule has 0 aromatic carbocycles. The van der Waals surface area contributed by atoms with Crippen LogP contribution in [0.3, 0.4) is 0 Å². The maximum Gasteiger partial charge on any atom is 0.307 e. The first-order valence-corrected chi connectivity index (χ1v) is 6.95. The highest BCUT2D eigenvalue weighted by Gasteiger charge is 2.76. The maximum absolute atomic E-state index is 12.2. The molecule has 17 heavy (non-hydrogen) atoms. The van der Waals surface area contributed by atoms with E-state index in [-0.39, 0.29) is 17.6 Å². The number of fused-ring (bicyclic) bond motifs is 1. The lowest BCUT2D eigenvalue weighted by molar-refractivity contribution is -0.143. The quantitative estimate of drug-likeness (QED) is 0.750. The van der Waals surface area contributed by atoms with Gasteiger partial charge in [0, 0.05) is 11.8 Å². The summed E-state index contributed by atoms with van der Waals surface area (Å²) in [7, 11) is 0. The van der Waals surface area contributed by atoms with Gasteiger partial charge in [0.05, 0.1) is 5.92 Å². The molecule has 1 N–H and O–H groups in total. The third-order valence-electron chi connectivity index (χ3n) is 5.38. The van der Waals surface area contributed by atoms with Crippen LogP contribution in [-0.4, -0.2) is 16.9 Å². The average Bonchev–Trinajstić information content (AvgIpc) is 2.96. The van der Waals surface area contributed by atoms with E-state index in [1.54, 1.807) is 0 Å². The van der Waals surface area contributed by atoms with Gasteiger partial charge in [-0.2, -0.15) is 0 Å². The Morgan fingerprint density at radius 2 is 1.76 bits per heavy atom. The van der Waals surface area contributed by atoms with Gasteiger partial charge in [0.25, 0.3) is 0 Å². The molecular weight excluding hydrogens is 216 g/mol. The molecule has 3 heteroatoms. The van der Waals surface area contributed by atoms with Gasteiger partial charge >= 0.3 is 5.97 Å². The predicted octanol–water partition coefficient (Wildman–Crippen LogP) is 2.64. The zero-order chi connectivity index (χ0) is 12.0. The van der Waals surface area contributed by atoms with E-state index in [0.717, 1.165) is 19.3 Å². The number of Topliss-reactive ketones (excluding diaryl/α,β-unsaturated/α-hetero) is 1. The summed E-state index contributed by atoms with van der Waals surface area (Å²) in [5.74, 6) is -0.261. The largest absolute Gasteiger partial charge is 0.481 e. The molecule has 0 aromatic heterocycles. The molecule has 0 amide bonds. The van der Waals surface area contributed by atoms with Crippen LogP contribution < -0.4 is 0 Å². The highest BCUT2D eigenvalue weighted by atomic mass is 16.4. The molecule has 94 valence electrons. The van der Waals surface area contributed by atoms with Gasteiger partial charge in [0.2, 0.25) is 0 Å². The third kappa shape index (κ3) is 1.40.